The number of benzene rings is 6. The van der Waals surface area contributed by atoms with E-state index in [0.717, 1.165) is 8.95 Å². The average Bonchev–Trinajstić information content (AvgIpc) is 3.16. The Labute approximate surface area is 207 Å². The number of nitrogens with zero attached hydrogens (tertiary/aromatic N) is 1. The molecule has 0 atom stereocenters. The zero-order valence-electron chi connectivity index (χ0n) is 17.5. The topological polar surface area (TPSA) is 4.93 Å². The van der Waals surface area contributed by atoms with Crippen LogP contribution in [0.15, 0.2) is 112 Å². The summed E-state index contributed by atoms with van der Waals surface area (Å²) in [5.74, 6) is 0. The van der Waals surface area contributed by atoms with E-state index in [9.17, 15) is 0 Å². The molecule has 7 aromatic rings. The minimum atomic E-state index is 1.09. The highest BCUT2D eigenvalue weighted by molar-refractivity contribution is 9.10. The van der Waals surface area contributed by atoms with Gasteiger partial charge in [-0.25, -0.2) is 0 Å². The first-order chi connectivity index (χ1) is 16.2. The summed E-state index contributed by atoms with van der Waals surface area (Å²) in [6.45, 7) is 0. The van der Waals surface area contributed by atoms with Gasteiger partial charge in [-0.3, -0.25) is 0 Å². The Morgan fingerprint density at radius 2 is 0.848 bits per heavy atom. The number of aromatic nitrogens is 1. The van der Waals surface area contributed by atoms with E-state index in [1.807, 2.05) is 0 Å². The van der Waals surface area contributed by atoms with Crippen LogP contribution < -0.4 is 0 Å². The lowest BCUT2D eigenvalue weighted by atomic mass is 9.94. The van der Waals surface area contributed by atoms with Crippen LogP contribution in [0.25, 0.3) is 59.8 Å². The van der Waals surface area contributed by atoms with Crippen molar-refractivity contribution >= 4 is 86.0 Å². The molecule has 33 heavy (non-hydrogen) atoms. The second-order valence-electron chi connectivity index (χ2n) is 8.48. The summed E-state index contributed by atoms with van der Waals surface area (Å²) in [4.78, 5) is 0. The molecule has 1 heterocycles. The Morgan fingerprint density at radius 3 is 1.36 bits per heavy atom. The predicted octanol–water partition coefficient (Wildman–Crippen LogP) is 9.77. The Morgan fingerprint density at radius 1 is 0.394 bits per heavy atom. The second kappa shape index (κ2) is 7.18. The highest BCUT2D eigenvalue weighted by Crippen LogP contribution is 2.39. The molecule has 0 fully saturated rings. The van der Waals surface area contributed by atoms with E-state index in [1.165, 1.54) is 59.8 Å². The van der Waals surface area contributed by atoms with E-state index < -0.39 is 0 Å². The molecule has 0 N–H and O–H groups in total. The lowest BCUT2D eigenvalue weighted by molar-refractivity contribution is 1.19. The fourth-order valence-corrected chi connectivity index (χ4v) is 6.00. The maximum absolute atomic E-state index is 3.66. The van der Waals surface area contributed by atoms with Crippen LogP contribution in [0.2, 0.25) is 0 Å². The smallest absolute Gasteiger partial charge is 0.0541 e. The molecule has 0 saturated carbocycles. The van der Waals surface area contributed by atoms with Gasteiger partial charge in [-0.2, -0.15) is 0 Å². The van der Waals surface area contributed by atoms with E-state index in [4.69, 9.17) is 0 Å². The average molecular weight is 551 g/mol. The summed E-state index contributed by atoms with van der Waals surface area (Å²) in [5, 5.41) is 10.2. The number of halogens is 2. The van der Waals surface area contributed by atoms with Crippen molar-refractivity contribution in [2.24, 2.45) is 0 Å². The first kappa shape index (κ1) is 19.3. The molecule has 1 nitrogen and oxygen atoms in total. The molecule has 0 radical (unpaired) electrons. The van der Waals surface area contributed by atoms with E-state index in [-0.39, 0.29) is 0 Å². The zero-order valence-corrected chi connectivity index (χ0v) is 20.7. The zero-order chi connectivity index (χ0) is 22.1. The van der Waals surface area contributed by atoms with Gasteiger partial charge in [0.05, 0.1) is 11.0 Å². The largest absolute Gasteiger partial charge is 0.309 e. The molecule has 7 rings (SSSR count). The molecular weight excluding hydrogens is 534 g/mol. The molecular formula is C30H17Br2N. The molecule has 0 aliphatic heterocycles. The SMILES string of the molecule is Brc1ccc2c(c1)c1cc(Br)ccc1n2-c1ccc2c3ccccc3c3ccccc3c2c1. The quantitative estimate of drug-likeness (QED) is 0.179. The van der Waals surface area contributed by atoms with Crippen molar-refractivity contribution in [3.63, 3.8) is 0 Å². The van der Waals surface area contributed by atoms with Crippen molar-refractivity contribution in [3.05, 3.63) is 112 Å². The summed E-state index contributed by atoms with van der Waals surface area (Å²) in [6, 6.07) is 37.4. The molecule has 1 aromatic heterocycles. The van der Waals surface area contributed by atoms with Crippen LogP contribution in [-0.2, 0) is 0 Å². The molecule has 0 amide bonds. The van der Waals surface area contributed by atoms with E-state index in [1.54, 1.807) is 0 Å². The Kier molecular flexibility index (Phi) is 4.21. The van der Waals surface area contributed by atoms with Gasteiger partial charge in [-0.1, -0.05) is 86.5 Å². The third kappa shape index (κ3) is 2.82. The standard InChI is InChI=1S/C30H17Br2N/c31-18-9-13-29-27(15-18)28-16-19(32)10-14-30(28)33(29)20-11-12-25-23-7-2-1-5-21(23)22-6-3-4-8-24(22)26(25)17-20/h1-17H. The molecule has 0 aliphatic carbocycles. The molecule has 0 spiro atoms. The summed E-state index contributed by atoms with van der Waals surface area (Å²) in [6.07, 6.45) is 0. The van der Waals surface area contributed by atoms with E-state index >= 15 is 0 Å². The number of fused-ring (bicyclic) bond motifs is 9. The normalized spacial score (nSPS) is 11.9. The molecule has 3 heteroatoms. The van der Waals surface area contributed by atoms with Gasteiger partial charge < -0.3 is 4.57 Å². The molecule has 0 bridgehead atoms. The Bertz CT molecular complexity index is 1800. The van der Waals surface area contributed by atoms with Crippen molar-refractivity contribution in [2.75, 3.05) is 0 Å². The van der Waals surface area contributed by atoms with Gasteiger partial charge in [0.1, 0.15) is 0 Å². The van der Waals surface area contributed by atoms with Crippen LogP contribution in [0.3, 0.4) is 0 Å². The van der Waals surface area contributed by atoms with Crippen LogP contribution in [0.5, 0.6) is 0 Å². The fraction of sp³-hybridized carbons (Fsp3) is 0. The van der Waals surface area contributed by atoms with E-state index in [2.05, 4.69) is 140 Å². The van der Waals surface area contributed by atoms with Gasteiger partial charge in [0, 0.05) is 25.4 Å². The van der Waals surface area contributed by atoms with Crippen LogP contribution >= 0.6 is 31.9 Å². The third-order valence-electron chi connectivity index (χ3n) is 6.68. The minimum absolute atomic E-state index is 1.09. The fourth-order valence-electron chi connectivity index (χ4n) is 5.28. The second-order valence-corrected chi connectivity index (χ2v) is 10.3. The van der Waals surface area contributed by atoms with Crippen molar-refractivity contribution in [3.8, 4) is 5.69 Å². The molecule has 0 unspecified atom stereocenters. The monoisotopic (exact) mass is 549 g/mol. The van der Waals surface area contributed by atoms with Crippen molar-refractivity contribution in [1.82, 2.24) is 4.57 Å². The minimum Gasteiger partial charge on any atom is -0.309 e. The summed E-state index contributed by atoms with van der Waals surface area (Å²) in [5.41, 5.74) is 3.58. The van der Waals surface area contributed by atoms with Gasteiger partial charge in [-0.05, 0) is 80.8 Å². The lowest BCUT2D eigenvalue weighted by Crippen LogP contribution is -1.94. The first-order valence-electron chi connectivity index (χ1n) is 10.9. The Balaban J connectivity index is 1.64. The van der Waals surface area contributed by atoms with Gasteiger partial charge in [0.2, 0.25) is 0 Å². The Hall–Kier alpha value is -3.14. The molecule has 156 valence electrons. The lowest BCUT2D eigenvalue weighted by Gasteiger charge is -2.13. The highest BCUT2D eigenvalue weighted by Gasteiger charge is 2.15. The molecule has 0 saturated heterocycles. The van der Waals surface area contributed by atoms with Gasteiger partial charge >= 0.3 is 0 Å². The van der Waals surface area contributed by atoms with E-state index in [0.29, 0.717) is 0 Å². The number of rotatable bonds is 1. The van der Waals surface area contributed by atoms with Crippen LogP contribution in [-0.4, -0.2) is 4.57 Å². The van der Waals surface area contributed by atoms with Crippen LogP contribution in [0.1, 0.15) is 0 Å². The van der Waals surface area contributed by atoms with Crippen LogP contribution in [0, 0.1) is 0 Å². The summed E-state index contributed by atoms with van der Waals surface area (Å²) < 4.78 is 4.56. The molecule has 0 aliphatic rings. The first-order valence-corrected chi connectivity index (χ1v) is 12.5. The van der Waals surface area contributed by atoms with Gasteiger partial charge in [0.15, 0.2) is 0 Å². The maximum atomic E-state index is 3.66. The number of hydrogen-bond acceptors (Lipinski definition) is 0. The van der Waals surface area contributed by atoms with Crippen molar-refractivity contribution < 1.29 is 0 Å². The van der Waals surface area contributed by atoms with Crippen molar-refractivity contribution in [2.45, 2.75) is 0 Å². The molecule has 6 aromatic carbocycles. The van der Waals surface area contributed by atoms with Crippen molar-refractivity contribution in [1.29, 1.82) is 0 Å². The number of hydrogen-bond donors (Lipinski definition) is 0. The highest BCUT2D eigenvalue weighted by atomic mass is 79.9. The maximum Gasteiger partial charge on any atom is 0.0541 e. The van der Waals surface area contributed by atoms with Crippen LogP contribution in [0.4, 0.5) is 0 Å². The van der Waals surface area contributed by atoms with Gasteiger partial charge in [0.25, 0.3) is 0 Å². The third-order valence-corrected chi connectivity index (χ3v) is 7.66. The summed E-state index contributed by atoms with van der Waals surface area (Å²) >= 11 is 7.33. The summed E-state index contributed by atoms with van der Waals surface area (Å²) in [7, 11) is 0. The predicted molar refractivity (Wildman–Crippen MR) is 149 cm³/mol. The van der Waals surface area contributed by atoms with Gasteiger partial charge in [-0.15, -0.1) is 0 Å².